The summed E-state index contributed by atoms with van der Waals surface area (Å²) in [5.41, 5.74) is 5.58. The molecule has 0 aliphatic heterocycles. The Balaban J connectivity index is 3.67. The number of hydrogen-bond acceptors (Lipinski definition) is 2. The maximum Gasteiger partial charge on any atom is 0.220 e. The average Bonchev–Trinajstić information content (AvgIpc) is 2.24. The first kappa shape index (κ1) is 15.4. The third kappa shape index (κ3) is 8.72. The lowest BCUT2D eigenvalue weighted by atomic mass is 9.87. The summed E-state index contributed by atoms with van der Waals surface area (Å²) in [6, 6.07) is 0. The molecular formula is C13H28N2O. The highest BCUT2D eigenvalue weighted by atomic mass is 16.1. The van der Waals surface area contributed by atoms with Crippen molar-refractivity contribution in [3.63, 3.8) is 0 Å². The minimum atomic E-state index is 0.133. The molecule has 0 atom stereocenters. The Labute approximate surface area is 100 Å². The Morgan fingerprint density at radius 2 is 1.94 bits per heavy atom. The largest absolute Gasteiger partial charge is 0.356 e. The van der Waals surface area contributed by atoms with Crippen LogP contribution in [0.15, 0.2) is 0 Å². The van der Waals surface area contributed by atoms with Gasteiger partial charge in [-0.25, -0.2) is 0 Å². The molecule has 0 aromatic rings. The van der Waals surface area contributed by atoms with Crippen LogP contribution in [0.1, 0.15) is 59.3 Å². The molecule has 96 valence electrons. The van der Waals surface area contributed by atoms with Crippen molar-refractivity contribution in [2.75, 3.05) is 13.1 Å². The molecule has 0 aliphatic rings. The number of unbranched alkanes of at least 4 members (excludes halogenated alkanes) is 2. The molecule has 0 fully saturated rings. The number of rotatable bonds is 9. The fraction of sp³-hybridized carbons (Fsp3) is 0.923. The molecule has 1 amide bonds. The summed E-state index contributed by atoms with van der Waals surface area (Å²) in [4.78, 5) is 11.4. The highest BCUT2D eigenvalue weighted by Crippen LogP contribution is 2.22. The smallest absolute Gasteiger partial charge is 0.220 e. The summed E-state index contributed by atoms with van der Waals surface area (Å²) in [6.07, 6.45) is 6.30. The minimum absolute atomic E-state index is 0.133. The lowest BCUT2D eigenvalue weighted by Crippen LogP contribution is -2.34. The van der Waals surface area contributed by atoms with E-state index in [-0.39, 0.29) is 11.3 Å². The number of carbonyl (C=O) groups is 1. The SMILES string of the molecule is CCCCCC(C)(C)CNC(=O)CCCN. The highest BCUT2D eigenvalue weighted by molar-refractivity contribution is 5.75. The predicted octanol–water partition coefficient (Wildman–Crippen LogP) is 2.45. The third-order valence-electron chi connectivity index (χ3n) is 2.83. The van der Waals surface area contributed by atoms with Crippen molar-refractivity contribution in [1.29, 1.82) is 0 Å². The van der Waals surface area contributed by atoms with E-state index in [1.165, 1.54) is 25.7 Å². The predicted molar refractivity (Wildman–Crippen MR) is 69.2 cm³/mol. The van der Waals surface area contributed by atoms with Crippen molar-refractivity contribution < 1.29 is 4.79 Å². The normalized spacial score (nSPS) is 11.5. The lowest BCUT2D eigenvalue weighted by molar-refractivity contribution is -0.121. The average molecular weight is 228 g/mol. The van der Waals surface area contributed by atoms with Gasteiger partial charge in [0.15, 0.2) is 0 Å². The molecular weight excluding hydrogens is 200 g/mol. The van der Waals surface area contributed by atoms with Gasteiger partial charge in [0, 0.05) is 13.0 Å². The van der Waals surface area contributed by atoms with Crippen LogP contribution in [0, 0.1) is 5.41 Å². The van der Waals surface area contributed by atoms with E-state index >= 15 is 0 Å². The van der Waals surface area contributed by atoms with Crippen LogP contribution in [0.3, 0.4) is 0 Å². The number of hydrogen-bond donors (Lipinski definition) is 2. The molecule has 16 heavy (non-hydrogen) atoms. The van der Waals surface area contributed by atoms with Gasteiger partial charge in [-0.3, -0.25) is 4.79 Å². The van der Waals surface area contributed by atoms with Crippen LogP contribution >= 0.6 is 0 Å². The summed E-state index contributed by atoms with van der Waals surface area (Å²) in [5.74, 6) is 0.133. The molecule has 3 N–H and O–H groups in total. The second kappa shape index (κ2) is 8.57. The Hall–Kier alpha value is -0.570. The lowest BCUT2D eigenvalue weighted by Gasteiger charge is -2.24. The maximum atomic E-state index is 11.4. The van der Waals surface area contributed by atoms with E-state index in [2.05, 4.69) is 26.1 Å². The number of amides is 1. The van der Waals surface area contributed by atoms with Gasteiger partial charge in [0.05, 0.1) is 0 Å². The first-order chi connectivity index (χ1) is 7.52. The van der Waals surface area contributed by atoms with E-state index in [4.69, 9.17) is 5.73 Å². The zero-order valence-electron chi connectivity index (χ0n) is 11.1. The number of nitrogens with one attached hydrogen (secondary N) is 1. The maximum absolute atomic E-state index is 11.4. The van der Waals surface area contributed by atoms with Gasteiger partial charge < -0.3 is 11.1 Å². The van der Waals surface area contributed by atoms with Crippen LogP contribution < -0.4 is 11.1 Å². The second-order valence-electron chi connectivity index (χ2n) is 5.29. The van der Waals surface area contributed by atoms with E-state index in [9.17, 15) is 4.79 Å². The number of carbonyl (C=O) groups excluding carboxylic acids is 1. The van der Waals surface area contributed by atoms with Crippen molar-refractivity contribution in [3.8, 4) is 0 Å². The molecule has 0 heterocycles. The number of nitrogens with two attached hydrogens (primary N) is 1. The van der Waals surface area contributed by atoms with Gasteiger partial charge >= 0.3 is 0 Å². The summed E-state index contributed by atoms with van der Waals surface area (Å²) < 4.78 is 0. The molecule has 0 spiro atoms. The zero-order valence-corrected chi connectivity index (χ0v) is 11.1. The second-order valence-corrected chi connectivity index (χ2v) is 5.29. The first-order valence-corrected chi connectivity index (χ1v) is 6.48. The molecule has 0 aromatic heterocycles. The van der Waals surface area contributed by atoms with Crippen LogP contribution in [0.25, 0.3) is 0 Å². The molecule has 3 heteroatoms. The minimum Gasteiger partial charge on any atom is -0.356 e. The van der Waals surface area contributed by atoms with Crippen molar-refractivity contribution in [3.05, 3.63) is 0 Å². The van der Waals surface area contributed by atoms with Crippen LogP contribution in [-0.2, 0) is 4.79 Å². The van der Waals surface area contributed by atoms with Gasteiger partial charge in [-0.1, -0.05) is 40.0 Å². The summed E-state index contributed by atoms with van der Waals surface area (Å²) in [6.45, 7) is 8.01. The van der Waals surface area contributed by atoms with Gasteiger partial charge in [0.1, 0.15) is 0 Å². The van der Waals surface area contributed by atoms with Crippen LogP contribution in [0.4, 0.5) is 0 Å². The van der Waals surface area contributed by atoms with E-state index in [1.807, 2.05) is 0 Å². The molecule has 0 bridgehead atoms. The van der Waals surface area contributed by atoms with Crippen molar-refractivity contribution in [1.82, 2.24) is 5.32 Å². The summed E-state index contributed by atoms with van der Waals surface area (Å²) in [5, 5.41) is 2.99. The van der Waals surface area contributed by atoms with E-state index < -0.39 is 0 Å². The Kier molecular flexibility index (Phi) is 8.26. The van der Waals surface area contributed by atoms with Crippen molar-refractivity contribution >= 4 is 5.91 Å². The Bertz CT molecular complexity index is 190. The zero-order chi connectivity index (χ0) is 12.4. The molecule has 0 saturated heterocycles. The Morgan fingerprint density at radius 1 is 1.25 bits per heavy atom. The molecule has 0 aromatic carbocycles. The summed E-state index contributed by atoms with van der Waals surface area (Å²) >= 11 is 0. The molecule has 3 nitrogen and oxygen atoms in total. The summed E-state index contributed by atoms with van der Waals surface area (Å²) in [7, 11) is 0. The highest BCUT2D eigenvalue weighted by Gasteiger charge is 2.17. The van der Waals surface area contributed by atoms with Gasteiger partial charge in [-0.05, 0) is 24.8 Å². The molecule has 0 rings (SSSR count). The fourth-order valence-corrected chi connectivity index (χ4v) is 1.63. The monoisotopic (exact) mass is 228 g/mol. The molecule has 0 unspecified atom stereocenters. The van der Waals surface area contributed by atoms with Gasteiger partial charge in [-0.2, -0.15) is 0 Å². The van der Waals surface area contributed by atoms with Crippen LogP contribution in [0.2, 0.25) is 0 Å². The Morgan fingerprint density at radius 3 is 2.50 bits per heavy atom. The van der Waals surface area contributed by atoms with Gasteiger partial charge in [0.25, 0.3) is 0 Å². The van der Waals surface area contributed by atoms with Gasteiger partial charge in [0.2, 0.25) is 5.91 Å². The quantitative estimate of drug-likeness (QED) is 0.596. The molecule has 0 radical (unpaired) electrons. The van der Waals surface area contributed by atoms with Crippen LogP contribution in [0.5, 0.6) is 0 Å². The molecule has 0 saturated carbocycles. The molecule has 0 aliphatic carbocycles. The van der Waals surface area contributed by atoms with Crippen LogP contribution in [-0.4, -0.2) is 19.0 Å². The topological polar surface area (TPSA) is 55.1 Å². The van der Waals surface area contributed by atoms with Crippen molar-refractivity contribution in [2.24, 2.45) is 11.1 Å². The standard InChI is InChI=1S/C13H28N2O/c1-4-5-6-9-13(2,3)11-15-12(16)8-7-10-14/h4-11,14H2,1-3H3,(H,15,16). The van der Waals surface area contributed by atoms with Crippen molar-refractivity contribution in [2.45, 2.75) is 59.3 Å². The van der Waals surface area contributed by atoms with E-state index in [0.717, 1.165) is 13.0 Å². The fourth-order valence-electron chi connectivity index (χ4n) is 1.63. The van der Waals surface area contributed by atoms with E-state index in [1.54, 1.807) is 0 Å². The third-order valence-corrected chi connectivity index (χ3v) is 2.83. The van der Waals surface area contributed by atoms with E-state index in [0.29, 0.717) is 13.0 Å². The first-order valence-electron chi connectivity index (χ1n) is 6.48. The van der Waals surface area contributed by atoms with Gasteiger partial charge in [-0.15, -0.1) is 0 Å².